The van der Waals surface area contributed by atoms with Crippen LogP contribution < -0.4 is 19.9 Å². The second-order valence-corrected chi connectivity index (χ2v) is 13.2. The summed E-state index contributed by atoms with van der Waals surface area (Å²) in [6, 6.07) is 10.5. The lowest BCUT2D eigenvalue weighted by molar-refractivity contribution is -0.385. The van der Waals surface area contributed by atoms with Crippen LogP contribution in [0.1, 0.15) is 35.7 Å². The third-order valence-corrected chi connectivity index (χ3v) is 9.47. The Morgan fingerprint density at radius 2 is 1.89 bits per heavy atom. The molecule has 2 fully saturated rings. The number of methoxy groups -OCH3 is 1. The summed E-state index contributed by atoms with van der Waals surface area (Å²) >= 11 is 6.14. The average molecular weight is 647 g/mol. The van der Waals surface area contributed by atoms with Crippen LogP contribution in [0.5, 0.6) is 5.75 Å². The van der Waals surface area contributed by atoms with Gasteiger partial charge in [-0.15, -0.1) is 0 Å². The minimum absolute atomic E-state index is 0.00754. The van der Waals surface area contributed by atoms with E-state index in [0.717, 1.165) is 26.0 Å². The molecule has 1 aliphatic carbocycles. The van der Waals surface area contributed by atoms with Crippen LogP contribution in [0, 0.1) is 15.5 Å². The lowest BCUT2D eigenvalue weighted by atomic mass is 10.1. The van der Waals surface area contributed by atoms with Crippen molar-refractivity contribution >= 4 is 39.2 Å². The Labute approximate surface area is 258 Å². The predicted octanol–water partition coefficient (Wildman–Crippen LogP) is 2.92. The molecule has 44 heavy (non-hydrogen) atoms. The molecule has 14 nitrogen and oxygen atoms in total. The molecule has 2 aliphatic rings. The number of esters is 1. The molecule has 1 aromatic heterocycles. The maximum atomic E-state index is 13.6. The Balaban J connectivity index is 1.30. The highest BCUT2D eigenvalue weighted by Crippen LogP contribution is 2.45. The summed E-state index contributed by atoms with van der Waals surface area (Å²) in [5, 5.41) is 16.1. The van der Waals surface area contributed by atoms with Crippen LogP contribution in [0.15, 0.2) is 53.5 Å². The molecule has 3 aromatic rings. The fourth-order valence-corrected chi connectivity index (χ4v) is 6.11. The molecule has 2 heterocycles. The van der Waals surface area contributed by atoms with Gasteiger partial charge in [-0.05, 0) is 42.7 Å². The number of hydrogen-bond donors (Lipinski definition) is 1. The zero-order valence-corrected chi connectivity index (χ0v) is 25.6. The molecule has 0 atom stereocenters. The van der Waals surface area contributed by atoms with Crippen molar-refractivity contribution in [1.29, 1.82) is 0 Å². The number of carbonyl (C=O) groups excluding carboxylic acids is 1. The summed E-state index contributed by atoms with van der Waals surface area (Å²) in [6.07, 6.45) is 3.55. The average Bonchev–Trinajstić information content (AvgIpc) is 3.75. The van der Waals surface area contributed by atoms with Crippen molar-refractivity contribution < 1.29 is 27.6 Å². The molecule has 1 N–H and O–H groups in total. The third-order valence-electron chi connectivity index (χ3n) is 7.68. The van der Waals surface area contributed by atoms with Gasteiger partial charge in [-0.1, -0.05) is 30.7 Å². The second-order valence-electron chi connectivity index (χ2n) is 11.0. The first-order chi connectivity index (χ1) is 20.9. The molecular formula is C28H31ClN6O8S. The second kappa shape index (κ2) is 12.5. The first-order valence-corrected chi connectivity index (χ1v) is 15.6. The van der Waals surface area contributed by atoms with Gasteiger partial charge >= 0.3 is 11.5 Å². The Bertz CT molecular complexity index is 1750. The number of halogens is 1. The molecule has 1 aliphatic heterocycles. The maximum absolute atomic E-state index is 13.6. The van der Waals surface area contributed by atoms with E-state index < -0.39 is 32.3 Å². The van der Waals surface area contributed by atoms with E-state index in [1.165, 1.54) is 21.1 Å². The number of nitrogens with one attached hydrogen (secondary N) is 1. The molecule has 2 aromatic carbocycles. The number of anilines is 1. The maximum Gasteiger partial charge on any atom is 0.344 e. The fourth-order valence-electron chi connectivity index (χ4n) is 4.75. The summed E-state index contributed by atoms with van der Waals surface area (Å²) in [6.45, 7) is 3.00. The van der Waals surface area contributed by atoms with Crippen LogP contribution in [0.3, 0.4) is 0 Å². The normalized spacial score (nSPS) is 16.4. The highest BCUT2D eigenvalue weighted by atomic mass is 35.5. The number of nitro groups is 1. The summed E-state index contributed by atoms with van der Waals surface area (Å²) < 4.78 is 41.9. The smallest absolute Gasteiger partial charge is 0.344 e. The first-order valence-electron chi connectivity index (χ1n) is 13.8. The zero-order valence-electron chi connectivity index (χ0n) is 24.1. The van der Waals surface area contributed by atoms with Crippen molar-refractivity contribution in [3.63, 3.8) is 0 Å². The predicted molar refractivity (Wildman–Crippen MR) is 162 cm³/mol. The van der Waals surface area contributed by atoms with Crippen molar-refractivity contribution in [3.8, 4) is 11.4 Å². The van der Waals surface area contributed by atoms with E-state index in [1.54, 1.807) is 30.5 Å². The van der Waals surface area contributed by atoms with Crippen LogP contribution >= 0.6 is 11.6 Å². The fraction of sp³-hybridized carbons (Fsp3) is 0.393. The van der Waals surface area contributed by atoms with Gasteiger partial charge < -0.3 is 14.4 Å². The van der Waals surface area contributed by atoms with Crippen LogP contribution in [0.25, 0.3) is 5.69 Å². The number of benzene rings is 2. The molecule has 5 rings (SSSR count). The topological polar surface area (TPSA) is 166 Å². The van der Waals surface area contributed by atoms with Crippen LogP contribution in [-0.4, -0.2) is 73.3 Å². The van der Waals surface area contributed by atoms with Gasteiger partial charge in [0.1, 0.15) is 11.3 Å². The summed E-state index contributed by atoms with van der Waals surface area (Å²) in [4.78, 5) is 38.0. The molecule has 0 amide bonds. The quantitative estimate of drug-likeness (QED) is 0.186. The van der Waals surface area contributed by atoms with E-state index >= 15 is 0 Å². The Kier molecular flexibility index (Phi) is 8.92. The van der Waals surface area contributed by atoms with Crippen molar-refractivity contribution in [1.82, 2.24) is 18.8 Å². The molecule has 0 radical (unpaired) electrons. The van der Waals surface area contributed by atoms with Crippen molar-refractivity contribution in [3.05, 3.63) is 85.3 Å². The number of aromatic nitrogens is 2. The molecule has 0 spiro atoms. The van der Waals surface area contributed by atoms with Gasteiger partial charge in [0.05, 0.1) is 30.5 Å². The monoisotopic (exact) mass is 646 g/mol. The van der Waals surface area contributed by atoms with Gasteiger partial charge in [0, 0.05) is 49.2 Å². The van der Waals surface area contributed by atoms with E-state index in [-0.39, 0.29) is 49.5 Å². The SMILES string of the molecule is COC(=O)c1cc(CNS(=O)(=O)N2CCN(c3cnn(-c4cccc(Cl)c4)c(=O)c3OCC3(C)CC3)CC2)ccc1[N+](=O)[O-]. The minimum Gasteiger partial charge on any atom is -0.486 e. The van der Waals surface area contributed by atoms with Crippen molar-refractivity contribution in [2.75, 3.05) is 44.8 Å². The number of carbonyl (C=O) groups is 1. The number of ether oxygens (including phenoxy) is 2. The van der Waals surface area contributed by atoms with Crippen LogP contribution in [0.2, 0.25) is 5.02 Å². The van der Waals surface area contributed by atoms with E-state index in [4.69, 9.17) is 16.3 Å². The lowest BCUT2D eigenvalue weighted by Crippen LogP contribution is -2.52. The van der Waals surface area contributed by atoms with Crippen molar-refractivity contribution in [2.45, 2.75) is 26.3 Å². The molecule has 1 saturated heterocycles. The van der Waals surface area contributed by atoms with Crippen molar-refractivity contribution in [2.24, 2.45) is 5.41 Å². The van der Waals surface area contributed by atoms with E-state index in [2.05, 4.69) is 21.5 Å². The number of rotatable bonds is 11. The number of nitro benzene ring substituents is 1. The molecular weight excluding hydrogens is 616 g/mol. The standard InChI is InChI=1S/C28H31ClN6O8S/c1-28(8-9-28)18-43-25-24(17-30-34(26(25)36)21-5-3-4-20(29)15-21)32-10-12-33(13-11-32)44(40,41)31-16-19-6-7-23(35(38)39)22(14-19)27(37)42-2/h3-7,14-15,17,31H,8-13,16,18H2,1-2H3. The minimum atomic E-state index is -3.96. The summed E-state index contributed by atoms with van der Waals surface area (Å²) in [5.41, 5.74) is 0.157. The highest BCUT2D eigenvalue weighted by Gasteiger charge is 2.39. The third kappa shape index (κ3) is 6.85. The number of piperazine rings is 1. The molecule has 234 valence electrons. The Morgan fingerprint density at radius 3 is 2.52 bits per heavy atom. The highest BCUT2D eigenvalue weighted by molar-refractivity contribution is 7.87. The summed E-state index contributed by atoms with van der Waals surface area (Å²) in [5.74, 6) is -0.760. The lowest BCUT2D eigenvalue weighted by Gasteiger charge is -2.35. The largest absolute Gasteiger partial charge is 0.486 e. The van der Waals surface area contributed by atoms with E-state index in [0.29, 0.717) is 28.6 Å². The van der Waals surface area contributed by atoms with E-state index in [1.807, 2.05) is 4.90 Å². The summed E-state index contributed by atoms with van der Waals surface area (Å²) in [7, 11) is -2.86. The van der Waals surface area contributed by atoms with Gasteiger partial charge in [0.25, 0.3) is 15.9 Å². The van der Waals surface area contributed by atoms with Crippen LogP contribution in [0.4, 0.5) is 11.4 Å². The van der Waals surface area contributed by atoms with Gasteiger partial charge in [0.15, 0.2) is 0 Å². The van der Waals surface area contributed by atoms with Gasteiger partial charge in [0.2, 0.25) is 5.75 Å². The Morgan fingerprint density at radius 1 is 1.16 bits per heavy atom. The first kappa shape index (κ1) is 31.4. The molecule has 1 saturated carbocycles. The van der Waals surface area contributed by atoms with Gasteiger partial charge in [-0.25, -0.2) is 4.79 Å². The Hall–Kier alpha value is -4.05. The van der Waals surface area contributed by atoms with Gasteiger partial charge in [-0.3, -0.25) is 14.9 Å². The van der Waals surface area contributed by atoms with Crippen LogP contribution in [-0.2, 0) is 21.5 Å². The van der Waals surface area contributed by atoms with Gasteiger partial charge in [-0.2, -0.15) is 27.2 Å². The molecule has 0 unspecified atom stereocenters. The number of hydrogen-bond acceptors (Lipinski definition) is 10. The molecule has 16 heteroatoms. The van der Waals surface area contributed by atoms with E-state index in [9.17, 15) is 28.1 Å². The number of nitrogens with zero attached hydrogens (tertiary/aromatic N) is 5. The molecule has 0 bridgehead atoms. The zero-order chi connectivity index (χ0) is 31.6.